The summed E-state index contributed by atoms with van der Waals surface area (Å²) >= 11 is 0. The SMILES string of the molecule is CC(=O)N1CCN(c2ccc3ccc(C(=O)NCc4ccccc4)cn23)CC1. The van der Waals surface area contributed by atoms with E-state index in [4.69, 9.17) is 0 Å². The number of nitrogens with one attached hydrogen (secondary N) is 1. The molecule has 4 rings (SSSR count). The number of hydrogen-bond donors (Lipinski definition) is 1. The predicted octanol–water partition coefficient (Wildman–Crippen LogP) is 2.54. The zero-order valence-electron chi connectivity index (χ0n) is 16.0. The Morgan fingerprint density at radius 2 is 1.64 bits per heavy atom. The highest BCUT2D eigenvalue weighted by Gasteiger charge is 2.20. The lowest BCUT2D eigenvalue weighted by molar-refractivity contribution is -0.129. The van der Waals surface area contributed by atoms with Gasteiger partial charge in [0.25, 0.3) is 5.91 Å². The van der Waals surface area contributed by atoms with Crippen molar-refractivity contribution in [1.82, 2.24) is 14.6 Å². The van der Waals surface area contributed by atoms with Gasteiger partial charge in [-0.2, -0.15) is 0 Å². The van der Waals surface area contributed by atoms with Crippen LogP contribution in [0.15, 0.2) is 60.8 Å². The van der Waals surface area contributed by atoms with Gasteiger partial charge in [0.1, 0.15) is 5.82 Å². The fraction of sp³-hybridized carbons (Fsp3) is 0.273. The normalized spacial score (nSPS) is 14.3. The molecule has 3 aromatic rings. The fourth-order valence-corrected chi connectivity index (χ4v) is 3.61. The largest absolute Gasteiger partial charge is 0.354 e. The summed E-state index contributed by atoms with van der Waals surface area (Å²) in [5.41, 5.74) is 2.74. The van der Waals surface area contributed by atoms with Crippen molar-refractivity contribution < 1.29 is 9.59 Å². The third kappa shape index (κ3) is 3.71. The van der Waals surface area contributed by atoms with Crippen molar-refractivity contribution in [3.63, 3.8) is 0 Å². The number of aromatic nitrogens is 1. The van der Waals surface area contributed by atoms with Crippen LogP contribution in [0.5, 0.6) is 0 Å². The lowest BCUT2D eigenvalue weighted by atomic mass is 10.2. The maximum Gasteiger partial charge on any atom is 0.253 e. The molecule has 0 aliphatic carbocycles. The number of anilines is 1. The molecule has 0 bridgehead atoms. The molecule has 1 aliphatic rings. The molecule has 0 atom stereocenters. The topological polar surface area (TPSA) is 57.1 Å². The molecule has 1 aliphatic heterocycles. The lowest BCUT2D eigenvalue weighted by Gasteiger charge is -2.35. The van der Waals surface area contributed by atoms with Crippen molar-refractivity contribution in [3.8, 4) is 0 Å². The second-order valence-corrected chi connectivity index (χ2v) is 7.07. The Bertz CT molecular complexity index is 988. The molecule has 0 spiro atoms. The van der Waals surface area contributed by atoms with Crippen molar-refractivity contribution in [3.05, 3.63) is 71.9 Å². The van der Waals surface area contributed by atoms with Crippen LogP contribution in [0.25, 0.3) is 5.52 Å². The van der Waals surface area contributed by atoms with Crippen molar-refractivity contribution in [2.45, 2.75) is 13.5 Å². The van der Waals surface area contributed by atoms with Crippen LogP contribution in [-0.2, 0) is 11.3 Å². The Labute approximate surface area is 164 Å². The molecule has 1 saturated heterocycles. The van der Waals surface area contributed by atoms with Gasteiger partial charge < -0.3 is 19.5 Å². The van der Waals surface area contributed by atoms with E-state index in [2.05, 4.69) is 26.8 Å². The Kier molecular flexibility index (Phi) is 5.02. The molecular formula is C22H24N4O2. The second kappa shape index (κ2) is 7.76. The zero-order valence-corrected chi connectivity index (χ0v) is 16.0. The van der Waals surface area contributed by atoms with Gasteiger partial charge in [0.2, 0.25) is 5.91 Å². The zero-order chi connectivity index (χ0) is 19.5. The number of carbonyl (C=O) groups is 2. The van der Waals surface area contributed by atoms with Gasteiger partial charge in [-0.15, -0.1) is 0 Å². The maximum absolute atomic E-state index is 12.6. The van der Waals surface area contributed by atoms with Gasteiger partial charge in [0.05, 0.1) is 5.56 Å². The van der Waals surface area contributed by atoms with Crippen molar-refractivity contribution in [1.29, 1.82) is 0 Å². The summed E-state index contributed by atoms with van der Waals surface area (Å²) in [6, 6.07) is 17.8. The standard InChI is InChI=1S/C22H24N4O2/c1-17(27)24-11-13-25(14-12-24)21-10-9-20-8-7-19(16-26(20)21)22(28)23-15-18-5-3-2-4-6-18/h2-10,16H,11-15H2,1H3,(H,23,28). The number of fused-ring (bicyclic) bond motifs is 1. The summed E-state index contributed by atoms with van der Waals surface area (Å²) in [5.74, 6) is 1.08. The first-order valence-electron chi connectivity index (χ1n) is 9.55. The molecular weight excluding hydrogens is 352 g/mol. The van der Waals surface area contributed by atoms with Crippen molar-refractivity contribution in [2.75, 3.05) is 31.1 Å². The molecule has 1 fully saturated rings. The minimum Gasteiger partial charge on any atom is -0.354 e. The van der Waals surface area contributed by atoms with Gasteiger partial charge in [-0.05, 0) is 29.8 Å². The number of benzene rings is 1. The van der Waals surface area contributed by atoms with Crippen LogP contribution in [0.2, 0.25) is 0 Å². The summed E-state index contributed by atoms with van der Waals surface area (Å²) in [7, 11) is 0. The van der Waals surface area contributed by atoms with Gasteiger partial charge in [-0.25, -0.2) is 0 Å². The molecule has 1 N–H and O–H groups in total. The molecule has 6 heteroatoms. The quantitative estimate of drug-likeness (QED) is 0.761. The molecule has 6 nitrogen and oxygen atoms in total. The molecule has 144 valence electrons. The number of pyridine rings is 1. The number of amides is 2. The summed E-state index contributed by atoms with van der Waals surface area (Å²) in [6.45, 7) is 5.14. The maximum atomic E-state index is 12.6. The molecule has 2 aromatic heterocycles. The highest BCUT2D eigenvalue weighted by molar-refractivity contribution is 5.94. The first-order valence-corrected chi connectivity index (χ1v) is 9.55. The van der Waals surface area contributed by atoms with E-state index >= 15 is 0 Å². The Morgan fingerprint density at radius 3 is 2.36 bits per heavy atom. The number of hydrogen-bond acceptors (Lipinski definition) is 3. The third-order valence-corrected chi connectivity index (χ3v) is 5.24. The van der Waals surface area contributed by atoms with E-state index in [1.54, 1.807) is 6.92 Å². The van der Waals surface area contributed by atoms with Crippen LogP contribution in [0.3, 0.4) is 0 Å². The van der Waals surface area contributed by atoms with Crippen LogP contribution in [0, 0.1) is 0 Å². The van der Waals surface area contributed by atoms with E-state index in [1.807, 2.05) is 53.6 Å². The molecule has 28 heavy (non-hydrogen) atoms. The summed E-state index contributed by atoms with van der Waals surface area (Å²) in [6.07, 6.45) is 1.89. The van der Waals surface area contributed by atoms with Crippen molar-refractivity contribution in [2.24, 2.45) is 0 Å². The van der Waals surface area contributed by atoms with Gasteiger partial charge in [0, 0.05) is 51.4 Å². The average molecular weight is 376 g/mol. The van der Waals surface area contributed by atoms with E-state index in [1.165, 1.54) is 0 Å². The Balaban J connectivity index is 1.50. The number of carbonyl (C=O) groups excluding carboxylic acids is 2. The van der Waals surface area contributed by atoms with Crippen molar-refractivity contribution >= 4 is 23.1 Å². The second-order valence-electron chi connectivity index (χ2n) is 7.07. The van der Waals surface area contributed by atoms with Gasteiger partial charge >= 0.3 is 0 Å². The van der Waals surface area contributed by atoms with E-state index in [-0.39, 0.29) is 11.8 Å². The molecule has 0 unspecified atom stereocenters. The first kappa shape index (κ1) is 18.1. The van der Waals surface area contributed by atoms with Crippen LogP contribution in [0.1, 0.15) is 22.8 Å². The summed E-state index contributed by atoms with van der Waals surface area (Å²) < 4.78 is 2.06. The molecule has 1 aromatic carbocycles. The van der Waals surface area contributed by atoms with Crippen LogP contribution in [0.4, 0.5) is 5.82 Å². The van der Waals surface area contributed by atoms with E-state index < -0.39 is 0 Å². The Hall–Kier alpha value is -3.28. The lowest BCUT2D eigenvalue weighted by Crippen LogP contribution is -2.48. The first-order chi connectivity index (χ1) is 13.6. The minimum absolute atomic E-state index is 0.0909. The fourth-order valence-electron chi connectivity index (χ4n) is 3.61. The third-order valence-electron chi connectivity index (χ3n) is 5.24. The van der Waals surface area contributed by atoms with Crippen LogP contribution in [-0.4, -0.2) is 47.3 Å². The van der Waals surface area contributed by atoms with E-state index in [9.17, 15) is 9.59 Å². The van der Waals surface area contributed by atoms with Gasteiger partial charge in [-0.1, -0.05) is 30.3 Å². The average Bonchev–Trinajstić information content (AvgIpc) is 3.16. The summed E-state index contributed by atoms with van der Waals surface area (Å²) in [4.78, 5) is 28.3. The highest BCUT2D eigenvalue weighted by atomic mass is 16.2. The molecule has 0 saturated carbocycles. The predicted molar refractivity (Wildman–Crippen MR) is 109 cm³/mol. The smallest absolute Gasteiger partial charge is 0.253 e. The minimum atomic E-state index is -0.0909. The van der Waals surface area contributed by atoms with E-state index in [0.29, 0.717) is 12.1 Å². The monoisotopic (exact) mass is 376 g/mol. The number of rotatable bonds is 4. The molecule has 2 amide bonds. The van der Waals surface area contributed by atoms with Gasteiger partial charge in [0.15, 0.2) is 0 Å². The highest BCUT2D eigenvalue weighted by Crippen LogP contribution is 2.22. The molecule has 0 radical (unpaired) electrons. The summed E-state index contributed by atoms with van der Waals surface area (Å²) in [5, 5.41) is 2.98. The number of nitrogens with zero attached hydrogens (tertiary/aromatic N) is 3. The van der Waals surface area contributed by atoms with E-state index in [0.717, 1.165) is 43.1 Å². The van der Waals surface area contributed by atoms with Gasteiger partial charge in [-0.3, -0.25) is 9.59 Å². The molecule has 3 heterocycles. The van der Waals surface area contributed by atoms with Crippen LogP contribution >= 0.6 is 0 Å². The van der Waals surface area contributed by atoms with Crippen LogP contribution < -0.4 is 10.2 Å². The Morgan fingerprint density at radius 1 is 0.929 bits per heavy atom. The number of piperazine rings is 1.